The maximum atomic E-state index is 13.1. The number of rotatable bonds is 6. The van der Waals surface area contributed by atoms with E-state index in [4.69, 9.17) is 16.3 Å². The number of imidazole rings is 1. The Morgan fingerprint density at radius 3 is 2.40 bits per heavy atom. The van der Waals surface area contributed by atoms with Gasteiger partial charge >= 0.3 is 0 Å². The fourth-order valence-electron chi connectivity index (χ4n) is 5.60. The number of benzene rings is 2. The van der Waals surface area contributed by atoms with E-state index in [-0.39, 0.29) is 29.1 Å². The topological polar surface area (TPSA) is 121 Å². The lowest BCUT2D eigenvalue weighted by Gasteiger charge is -2.33. The molecule has 0 unspecified atom stereocenters. The SMILES string of the molecule is [C-]#[N+]c1cnc2c(Nc3ccc(C(=O)N4CCOCC4)cc3)nc(N3CCC[C@@H](NC(=O)c4ccc(C(C)(C)C)cc4)C3)nn12. The molecule has 2 aliphatic heterocycles. The molecule has 2 amide bonds. The molecule has 0 spiro atoms. The molecule has 0 saturated carbocycles. The number of hydrogen-bond donors (Lipinski definition) is 2. The van der Waals surface area contributed by atoms with Gasteiger partial charge in [-0.15, -0.1) is 4.52 Å². The van der Waals surface area contributed by atoms with E-state index in [9.17, 15) is 9.59 Å². The Kier molecular flexibility index (Phi) is 8.36. The van der Waals surface area contributed by atoms with Crippen LogP contribution in [0.15, 0.2) is 54.7 Å². The first-order chi connectivity index (χ1) is 21.7. The van der Waals surface area contributed by atoms with Crippen molar-refractivity contribution in [3.8, 4) is 0 Å². The van der Waals surface area contributed by atoms with Crippen LogP contribution in [0.25, 0.3) is 10.5 Å². The Labute approximate surface area is 262 Å². The number of carbonyl (C=O) groups excluding carboxylic acids is 2. The van der Waals surface area contributed by atoms with E-state index in [0.29, 0.717) is 73.6 Å². The molecule has 2 aromatic carbocycles. The molecular formula is C33H37N9O3. The standard InChI is InChI=1S/C33H37N9O3/c1-33(2,3)24-11-7-22(8-12-24)30(43)37-26-6-5-15-41(21-26)32-38-28(29-35-20-27(34-4)42(29)39-32)36-25-13-9-23(10-14-25)31(44)40-16-18-45-19-17-40/h7-14,20,26H,5-6,15-19,21H2,1-3H3,(H,37,43)(H,36,38,39)/t26-/m1/s1. The van der Waals surface area contributed by atoms with E-state index < -0.39 is 0 Å². The highest BCUT2D eigenvalue weighted by atomic mass is 16.5. The van der Waals surface area contributed by atoms with Crippen LogP contribution in [0.2, 0.25) is 0 Å². The fourth-order valence-corrected chi connectivity index (χ4v) is 5.60. The van der Waals surface area contributed by atoms with Crippen LogP contribution in [-0.4, -0.2) is 81.7 Å². The predicted molar refractivity (Wildman–Crippen MR) is 171 cm³/mol. The largest absolute Gasteiger partial charge is 0.378 e. The average molecular weight is 608 g/mol. The number of aromatic nitrogens is 4. The van der Waals surface area contributed by atoms with Gasteiger partial charge < -0.3 is 30.0 Å². The summed E-state index contributed by atoms with van der Waals surface area (Å²) in [5.41, 5.74) is 3.55. The van der Waals surface area contributed by atoms with Crippen LogP contribution >= 0.6 is 0 Å². The van der Waals surface area contributed by atoms with E-state index in [2.05, 4.69) is 46.3 Å². The van der Waals surface area contributed by atoms with Gasteiger partial charge in [-0.3, -0.25) is 9.59 Å². The molecule has 4 heterocycles. The summed E-state index contributed by atoms with van der Waals surface area (Å²) in [7, 11) is 0. The molecule has 0 radical (unpaired) electrons. The summed E-state index contributed by atoms with van der Waals surface area (Å²) < 4.78 is 6.85. The first-order valence-electron chi connectivity index (χ1n) is 15.2. The van der Waals surface area contributed by atoms with E-state index in [1.165, 1.54) is 16.3 Å². The monoisotopic (exact) mass is 607 g/mol. The zero-order valence-electron chi connectivity index (χ0n) is 25.8. The molecule has 4 aromatic rings. The summed E-state index contributed by atoms with van der Waals surface area (Å²) in [6.07, 6.45) is 3.15. The molecule has 12 heteroatoms. The normalized spacial score (nSPS) is 17.2. The first-order valence-corrected chi connectivity index (χ1v) is 15.2. The lowest BCUT2D eigenvalue weighted by Crippen LogP contribution is -2.48. The first kappa shape index (κ1) is 30.0. The van der Waals surface area contributed by atoms with Crippen molar-refractivity contribution >= 4 is 40.7 Å². The minimum Gasteiger partial charge on any atom is -0.378 e. The molecule has 2 saturated heterocycles. The number of hydrogen-bond acceptors (Lipinski definition) is 8. The van der Waals surface area contributed by atoms with Crippen molar-refractivity contribution in [1.82, 2.24) is 29.8 Å². The maximum absolute atomic E-state index is 13.1. The van der Waals surface area contributed by atoms with E-state index in [1.807, 2.05) is 41.3 Å². The number of amides is 2. The molecule has 0 aliphatic carbocycles. The van der Waals surface area contributed by atoms with Gasteiger partial charge in [0.2, 0.25) is 5.82 Å². The smallest absolute Gasteiger partial charge is 0.275 e. The van der Waals surface area contributed by atoms with Gasteiger partial charge in [-0.1, -0.05) is 44.6 Å². The van der Waals surface area contributed by atoms with Gasteiger partial charge in [0.1, 0.15) is 0 Å². The summed E-state index contributed by atoms with van der Waals surface area (Å²) in [5.74, 6) is 0.998. The van der Waals surface area contributed by atoms with E-state index in [0.717, 1.165) is 12.8 Å². The van der Waals surface area contributed by atoms with Crippen LogP contribution < -0.4 is 15.5 Å². The van der Waals surface area contributed by atoms with Gasteiger partial charge in [0.25, 0.3) is 29.2 Å². The van der Waals surface area contributed by atoms with E-state index in [1.54, 1.807) is 17.0 Å². The summed E-state index contributed by atoms with van der Waals surface area (Å²) in [6, 6.07) is 14.9. The van der Waals surface area contributed by atoms with Crippen LogP contribution in [0.1, 0.15) is 59.9 Å². The summed E-state index contributed by atoms with van der Waals surface area (Å²) in [5, 5.41) is 11.2. The molecular weight excluding hydrogens is 570 g/mol. The van der Waals surface area contributed by atoms with Crippen molar-refractivity contribution in [1.29, 1.82) is 0 Å². The second-order valence-electron chi connectivity index (χ2n) is 12.4. The predicted octanol–water partition coefficient (Wildman–Crippen LogP) is 4.59. The highest BCUT2D eigenvalue weighted by Gasteiger charge is 2.27. The van der Waals surface area contributed by atoms with Crippen molar-refractivity contribution < 1.29 is 14.3 Å². The summed E-state index contributed by atoms with van der Waals surface area (Å²) in [6.45, 7) is 17.5. The molecule has 45 heavy (non-hydrogen) atoms. The zero-order chi connectivity index (χ0) is 31.6. The van der Waals surface area contributed by atoms with Crippen LogP contribution in [-0.2, 0) is 10.2 Å². The molecule has 2 aromatic heterocycles. The number of morpholine rings is 1. The number of fused-ring (bicyclic) bond motifs is 1. The van der Waals surface area contributed by atoms with Crippen molar-refractivity contribution in [2.75, 3.05) is 49.6 Å². The summed E-state index contributed by atoms with van der Waals surface area (Å²) >= 11 is 0. The van der Waals surface area contributed by atoms with E-state index >= 15 is 0 Å². The summed E-state index contributed by atoms with van der Waals surface area (Å²) in [4.78, 5) is 42.6. The number of ether oxygens (including phenoxy) is 1. The number of nitrogens with zero attached hydrogens (tertiary/aromatic N) is 7. The Morgan fingerprint density at radius 1 is 1.00 bits per heavy atom. The van der Waals surface area contributed by atoms with Crippen molar-refractivity contribution in [3.63, 3.8) is 0 Å². The second kappa shape index (κ2) is 12.5. The minimum atomic E-state index is -0.110. The highest BCUT2D eigenvalue weighted by molar-refractivity contribution is 5.95. The lowest BCUT2D eigenvalue weighted by molar-refractivity contribution is 0.0303. The molecule has 2 N–H and O–H groups in total. The zero-order valence-corrected chi connectivity index (χ0v) is 25.8. The Balaban J connectivity index is 1.19. The maximum Gasteiger partial charge on any atom is 0.275 e. The molecule has 2 aliphatic rings. The average Bonchev–Trinajstić information content (AvgIpc) is 3.48. The third-order valence-electron chi connectivity index (χ3n) is 8.19. The van der Waals surface area contributed by atoms with Gasteiger partial charge in [-0.2, -0.15) is 4.98 Å². The van der Waals surface area contributed by atoms with Gasteiger partial charge in [0, 0.05) is 49.0 Å². The highest BCUT2D eigenvalue weighted by Crippen LogP contribution is 2.27. The molecule has 12 nitrogen and oxygen atoms in total. The van der Waals surface area contributed by atoms with Crippen LogP contribution in [0.4, 0.5) is 23.3 Å². The fraction of sp³-hybridized carbons (Fsp3) is 0.394. The van der Waals surface area contributed by atoms with Gasteiger partial charge in [0.15, 0.2) is 0 Å². The molecule has 1 atom stereocenters. The minimum absolute atomic E-state index is 0.0154. The number of carbonyl (C=O) groups is 2. The van der Waals surface area contributed by atoms with Crippen LogP contribution in [0.5, 0.6) is 0 Å². The number of anilines is 3. The lowest BCUT2D eigenvalue weighted by atomic mass is 9.86. The van der Waals surface area contributed by atoms with Crippen LogP contribution in [0, 0.1) is 6.57 Å². The van der Waals surface area contributed by atoms with Gasteiger partial charge in [-0.25, -0.2) is 4.98 Å². The number of piperidine rings is 1. The number of nitrogens with one attached hydrogen (secondary N) is 2. The van der Waals surface area contributed by atoms with Crippen molar-refractivity contribution in [2.45, 2.75) is 45.1 Å². The second-order valence-corrected chi connectivity index (χ2v) is 12.4. The Bertz CT molecular complexity index is 1730. The van der Waals surface area contributed by atoms with Crippen LogP contribution in [0.3, 0.4) is 0 Å². The molecule has 0 bridgehead atoms. The van der Waals surface area contributed by atoms with Gasteiger partial charge in [-0.05, 0) is 60.2 Å². The molecule has 232 valence electrons. The van der Waals surface area contributed by atoms with Gasteiger partial charge in [0.05, 0.1) is 19.4 Å². The molecule has 2 fully saturated rings. The van der Waals surface area contributed by atoms with Crippen molar-refractivity contribution in [2.24, 2.45) is 0 Å². The Hall–Kier alpha value is -5.02. The Morgan fingerprint density at radius 2 is 1.71 bits per heavy atom. The third kappa shape index (κ3) is 6.58. The quantitative estimate of drug-likeness (QED) is 0.306. The third-order valence-corrected chi connectivity index (χ3v) is 8.19. The van der Waals surface area contributed by atoms with Crippen molar-refractivity contribution in [3.05, 3.63) is 82.8 Å². The molecule has 6 rings (SSSR count).